The second kappa shape index (κ2) is 8.37. The van der Waals surface area contributed by atoms with E-state index in [1.807, 2.05) is 7.05 Å². The maximum Gasteiger partial charge on any atom is 0.191 e. The predicted octanol–water partition coefficient (Wildman–Crippen LogP) is 3.13. The van der Waals surface area contributed by atoms with E-state index in [0.29, 0.717) is 6.04 Å². The Labute approximate surface area is 132 Å². The highest BCUT2D eigenvalue weighted by Crippen LogP contribution is 2.23. The average molecular weight is 308 g/mol. The number of hydrogen-bond donors (Lipinski definition) is 2. The van der Waals surface area contributed by atoms with Gasteiger partial charge in [0, 0.05) is 37.1 Å². The van der Waals surface area contributed by atoms with Crippen molar-refractivity contribution >= 4 is 17.3 Å². The first-order valence-corrected chi connectivity index (χ1v) is 8.93. The molecular formula is C16H28N4S. The molecule has 4 nitrogen and oxygen atoms in total. The molecule has 0 unspecified atom stereocenters. The largest absolute Gasteiger partial charge is 0.356 e. The molecule has 0 atom stereocenters. The lowest BCUT2D eigenvalue weighted by Crippen LogP contribution is -2.45. The number of nitrogens with zero attached hydrogens (tertiary/aromatic N) is 2. The van der Waals surface area contributed by atoms with Crippen molar-refractivity contribution in [2.24, 2.45) is 10.9 Å². The van der Waals surface area contributed by atoms with Crippen LogP contribution in [0.1, 0.15) is 49.7 Å². The molecule has 2 rings (SSSR count). The number of aryl methyl sites for hydroxylation is 2. The van der Waals surface area contributed by atoms with E-state index >= 15 is 0 Å². The van der Waals surface area contributed by atoms with Gasteiger partial charge in [0.15, 0.2) is 5.96 Å². The first-order valence-electron chi connectivity index (χ1n) is 8.05. The third-order valence-electron chi connectivity index (χ3n) is 4.11. The van der Waals surface area contributed by atoms with Gasteiger partial charge in [0.25, 0.3) is 0 Å². The van der Waals surface area contributed by atoms with Crippen molar-refractivity contribution in [1.82, 2.24) is 15.6 Å². The molecule has 1 aromatic rings. The van der Waals surface area contributed by atoms with Crippen molar-refractivity contribution in [3.63, 3.8) is 0 Å². The number of hydrogen-bond acceptors (Lipinski definition) is 3. The smallest absolute Gasteiger partial charge is 0.191 e. The van der Waals surface area contributed by atoms with Crippen LogP contribution in [0.3, 0.4) is 0 Å². The fraction of sp³-hybridized carbons (Fsp3) is 0.750. The minimum absolute atomic E-state index is 0.592. The summed E-state index contributed by atoms with van der Waals surface area (Å²) >= 11 is 1.76. The summed E-state index contributed by atoms with van der Waals surface area (Å²) in [4.78, 5) is 8.82. The molecule has 0 saturated heterocycles. The van der Waals surface area contributed by atoms with E-state index in [9.17, 15) is 0 Å². The van der Waals surface area contributed by atoms with Crippen molar-refractivity contribution in [2.75, 3.05) is 13.6 Å². The van der Waals surface area contributed by atoms with Crippen LogP contribution in [-0.4, -0.2) is 30.6 Å². The normalized spacial score (nSPS) is 23.1. The van der Waals surface area contributed by atoms with E-state index in [2.05, 4.69) is 39.8 Å². The third-order valence-corrected chi connectivity index (χ3v) is 5.13. The number of rotatable bonds is 5. The lowest BCUT2D eigenvalue weighted by Gasteiger charge is -2.28. The van der Waals surface area contributed by atoms with Crippen molar-refractivity contribution < 1.29 is 0 Å². The summed E-state index contributed by atoms with van der Waals surface area (Å²) in [6, 6.07) is 0.592. The maximum atomic E-state index is 4.49. The standard InChI is InChI=1S/C16H28N4S/c1-12-6-8-14(9-7-12)20-16(17-3)18-10-4-5-15-19-13(2)11-21-15/h11-12,14H,4-10H2,1-3H3,(H2,17,18,20). The molecule has 1 heterocycles. The second-order valence-corrected chi connectivity index (χ2v) is 7.03. The zero-order valence-corrected chi connectivity index (χ0v) is 14.3. The van der Waals surface area contributed by atoms with Crippen molar-refractivity contribution in [1.29, 1.82) is 0 Å². The van der Waals surface area contributed by atoms with Crippen molar-refractivity contribution in [2.45, 2.75) is 58.4 Å². The van der Waals surface area contributed by atoms with Crippen LogP contribution in [0.15, 0.2) is 10.4 Å². The molecule has 2 N–H and O–H groups in total. The van der Waals surface area contributed by atoms with Gasteiger partial charge in [-0.3, -0.25) is 4.99 Å². The van der Waals surface area contributed by atoms with E-state index in [0.717, 1.165) is 37.0 Å². The number of thiazole rings is 1. The topological polar surface area (TPSA) is 49.3 Å². The molecule has 0 spiro atoms. The summed E-state index contributed by atoms with van der Waals surface area (Å²) in [5.74, 6) is 1.84. The SMILES string of the molecule is CN=C(NCCCc1nc(C)cs1)NC1CCC(C)CC1. The molecule has 21 heavy (non-hydrogen) atoms. The van der Waals surface area contributed by atoms with Gasteiger partial charge in [-0.15, -0.1) is 11.3 Å². The fourth-order valence-corrected chi connectivity index (χ4v) is 3.57. The quantitative estimate of drug-likeness (QED) is 0.499. The van der Waals surface area contributed by atoms with Gasteiger partial charge in [-0.2, -0.15) is 0 Å². The van der Waals surface area contributed by atoms with Crippen LogP contribution in [0.4, 0.5) is 0 Å². The number of aliphatic imine (C=N–C) groups is 1. The summed E-state index contributed by atoms with van der Waals surface area (Å²) in [5, 5.41) is 10.3. The summed E-state index contributed by atoms with van der Waals surface area (Å²) in [6.07, 6.45) is 7.33. The Balaban J connectivity index is 1.63. The molecule has 0 bridgehead atoms. The minimum Gasteiger partial charge on any atom is -0.356 e. The lowest BCUT2D eigenvalue weighted by molar-refractivity contribution is 0.329. The molecule has 5 heteroatoms. The predicted molar refractivity (Wildman–Crippen MR) is 91.1 cm³/mol. The zero-order chi connectivity index (χ0) is 15.1. The van der Waals surface area contributed by atoms with Gasteiger partial charge in [-0.25, -0.2) is 4.98 Å². The van der Waals surface area contributed by atoms with Crippen LogP contribution in [0.5, 0.6) is 0 Å². The summed E-state index contributed by atoms with van der Waals surface area (Å²) in [6.45, 7) is 5.35. The van der Waals surface area contributed by atoms with Crippen LogP contribution in [-0.2, 0) is 6.42 Å². The molecule has 118 valence electrons. The van der Waals surface area contributed by atoms with E-state index in [4.69, 9.17) is 0 Å². The van der Waals surface area contributed by atoms with E-state index < -0.39 is 0 Å². The molecule has 1 saturated carbocycles. The Morgan fingerprint density at radius 1 is 1.38 bits per heavy atom. The molecular weight excluding hydrogens is 280 g/mol. The highest BCUT2D eigenvalue weighted by molar-refractivity contribution is 7.09. The number of aromatic nitrogens is 1. The van der Waals surface area contributed by atoms with Gasteiger partial charge in [-0.1, -0.05) is 6.92 Å². The second-order valence-electron chi connectivity index (χ2n) is 6.09. The third kappa shape index (κ3) is 5.65. The minimum atomic E-state index is 0.592. The monoisotopic (exact) mass is 308 g/mol. The molecule has 1 aliphatic rings. The van der Waals surface area contributed by atoms with Crippen LogP contribution >= 0.6 is 11.3 Å². The Hall–Kier alpha value is -1.10. The highest BCUT2D eigenvalue weighted by atomic mass is 32.1. The Kier molecular flexibility index (Phi) is 6.49. The van der Waals surface area contributed by atoms with E-state index in [1.54, 1.807) is 11.3 Å². The van der Waals surface area contributed by atoms with E-state index in [1.165, 1.54) is 30.7 Å². The molecule has 0 aliphatic heterocycles. The molecule has 0 amide bonds. The van der Waals surface area contributed by atoms with Gasteiger partial charge in [0.1, 0.15) is 0 Å². The molecule has 1 aromatic heterocycles. The molecule has 1 aliphatic carbocycles. The van der Waals surface area contributed by atoms with Gasteiger partial charge in [-0.05, 0) is 44.9 Å². The van der Waals surface area contributed by atoms with Gasteiger partial charge >= 0.3 is 0 Å². The summed E-state index contributed by atoms with van der Waals surface area (Å²) in [7, 11) is 1.85. The van der Waals surface area contributed by atoms with Crippen LogP contribution in [0.2, 0.25) is 0 Å². The zero-order valence-electron chi connectivity index (χ0n) is 13.5. The van der Waals surface area contributed by atoms with Gasteiger partial charge in [0.2, 0.25) is 0 Å². The van der Waals surface area contributed by atoms with Gasteiger partial charge < -0.3 is 10.6 Å². The average Bonchev–Trinajstić information content (AvgIpc) is 2.90. The molecule has 1 fully saturated rings. The van der Waals surface area contributed by atoms with Gasteiger partial charge in [0.05, 0.1) is 5.01 Å². The summed E-state index contributed by atoms with van der Waals surface area (Å²) in [5.41, 5.74) is 1.13. The van der Waals surface area contributed by atoms with E-state index in [-0.39, 0.29) is 0 Å². The molecule has 0 radical (unpaired) electrons. The van der Waals surface area contributed by atoms with Crippen LogP contribution < -0.4 is 10.6 Å². The Morgan fingerprint density at radius 2 is 2.14 bits per heavy atom. The Morgan fingerprint density at radius 3 is 2.76 bits per heavy atom. The maximum absolute atomic E-state index is 4.49. The first-order chi connectivity index (χ1) is 10.2. The number of guanidine groups is 1. The summed E-state index contributed by atoms with van der Waals surface area (Å²) < 4.78 is 0. The first kappa shape index (κ1) is 16.3. The highest BCUT2D eigenvalue weighted by Gasteiger charge is 2.18. The van der Waals surface area contributed by atoms with Crippen molar-refractivity contribution in [3.05, 3.63) is 16.1 Å². The molecule has 0 aromatic carbocycles. The number of nitrogens with one attached hydrogen (secondary N) is 2. The van der Waals surface area contributed by atoms with Crippen LogP contribution in [0, 0.1) is 12.8 Å². The lowest BCUT2D eigenvalue weighted by atomic mass is 9.87. The Bertz CT molecular complexity index is 447. The van der Waals surface area contributed by atoms with Crippen molar-refractivity contribution in [3.8, 4) is 0 Å². The van der Waals surface area contributed by atoms with Crippen LogP contribution in [0.25, 0.3) is 0 Å². The fourth-order valence-electron chi connectivity index (χ4n) is 2.76.